The van der Waals surface area contributed by atoms with Gasteiger partial charge in [0.2, 0.25) is 17.8 Å². The summed E-state index contributed by atoms with van der Waals surface area (Å²) in [5.41, 5.74) is 9.88. The Morgan fingerprint density at radius 2 is 1.65 bits per heavy atom. The number of aromatic carboxylic acids is 1. The first-order valence-electron chi connectivity index (χ1n) is 17.9. The van der Waals surface area contributed by atoms with Crippen molar-refractivity contribution in [2.45, 2.75) is 63.9 Å². The average molecular weight is 1010 g/mol. The number of nitrogens with one attached hydrogen (secondary N) is 2. The molecule has 63 heavy (non-hydrogen) atoms. The summed E-state index contributed by atoms with van der Waals surface area (Å²) in [6, 6.07) is 2.84. The van der Waals surface area contributed by atoms with Gasteiger partial charge in [0, 0.05) is 6.54 Å². The molecule has 1 unspecified atom stereocenters. The number of halogens is 5. The molecule has 4 aromatic heterocycles. The second-order valence-electron chi connectivity index (χ2n) is 11.8. The highest BCUT2D eigenvalue weighted by atomic mass is 35.5. The van der Waals surface area contributed by atoms with Gasteiger partial charge in [-0.25, -0.2) is 37.3 Å². The van der Waals surface area contributed by atoms with Crippen LogP contribution in [0.2, 0.25) is 20.2 Å². The maximum atomic E-state index is 13.4. The highest BCUT2D eigenvalue weighted by molar-refractivity contribution is 7.90. The lowest BCUT2D eigenvalue weighted by Crippen LogP contribution is -2.35. The number of rotatable bonds is 16. The maximum absolute atomic E-state index is 13.4. The molecule has 0 radical (unpaired) electrons. The standard InChI is InChI=1S/C15H21Cl2FN2O3.C12H13N5O6S2.C6H3Cl2NO2.C2H7NO/c1-3-4-5-6-7-9(2)23-10(21)8-22-15-12(17)13(19)11(16)14(18)20-15;1-6-13-10(16-12(14-6)23-3)15-11(19)17-25(20,21)7-4-5-24-8(7)9(18)22-2;7-3-1-2-4(8)9-5(3)6(10)11;3-1-2-4/h9H,3-8H2,1-2H3,(H2,19,20);4-5H,1-3H3,(H2,13,14,15,16,17,19);1-2H,(H,10,11);4H,1-3H2. The smallest absolute Gasteiger partial charge is 0.356 e. The van der Waals surface area contributed by atoms with Gasteiger partial charge in [0.1, 0.15) is 30.8 Å². The first kappa shape index (κ1) is 56.1. The van der Waals surface area contributed by atoms with Crippen molar-refractivity contribution in [3.63, 3.8) is 0 Å². The summed E-state index contributed by atoms with van der Waals surface area (Å²) in [6.07, 6.45) is 4.99. The van der Waals surface area contributed by atoms with Gasteiger partial charge in [-0.3, -0.25) is 5.32 Å². The lowest BCUT2D eigenvalue weighted by atomic mass is 10.1. The van der Waals surface area contributed by atoms with E-state index in [1.165, 1.54) is 37.6 Å². The summed E-state index contributed by atoms with van der Waals surface area (Å²) < 4.78 is 59.3. The minimum Gasteiger partial charge on any atom is -0.476 e. The van der Waals surface area contributed by atoms with E-state index < -0.39 is 46.5 Å². The topological polar surface area (TPSA) is 320 Å². The zero-order chi connectivity index (χ0) is 47.9. The van der Waals surface area contributed by atoms with Crippen molar-refractivity contribution in [3.05, 3.63) is 66.1 Å². The predicted octanol–water partition coefficient (Wildman–Crippen LogP) is 5.96. The van der Waals surface area contributed by atoms with Crippen LogP contribution < -0.4 is 31.0 Å². The van der Waals surface area contributed by atoms with Gasteiger partial charge in [0.25, 0.3) is 10.0 Å². The van der Waals surface area contributed by atoms with Crippen LogP contribution in [0.3, 0.4) is 0 Å². The minimum atomic E-state index is -4.30. The number of pyridine rings is 2. The number of nitrogens with zero attached hydrogens (tertiary/aromatic N) is 5. The Bertz CT molecular complexity index is 2260. The second kappa shape index (κ2) is 28.7. The molecule has 21 nitrogen and oxygen atoms in total. The van der Waals surface area contributed by atoms with Crippen LogP contribution >= 0.6 is 57.7 Å². The molecule has 0 aliphatic heterocycles. The average Bonchev–Trinajstić information content (AvgIpc) is 3.75. The number of aliphatic hydroxyl groups excluding tert-OH is 1. The second-order valence-corrected chi connectivity index (χ2v) is 15.9. The molecule has 0 bridgehead atoms. The molecule has 0 spiro atoms. The fourth-order valence-corrected chi connectivity index (χ4v) is 7.09. The molecule has 348 valence electrons. The van der Waals surface area contributed by atoms with E-state index in [9.17, 15) is 32.0 Å². The number of aromatic nitrogens is 5. The quantitative estimate of drug-likeness (QED) is 0.0428. The van der Waals surface area contributed by atoms with E-state index in [0.717, 1.165) is 50.6 Å². The Hall–Kier alpha value is -4.95. The number of aliphatic hydroxyl groups is 1. The first-order chi connectivity index (χ1) is 29.6. The summed E-state index contributed by atoms with van der Waals surface area (Å²) in [7, 11) is -1.86. The van der Waals surface area contributed by atoms with Gasteiger partial charge in [0.15, 0.2) is 12.3 Å². The van der Waals surface area contributed by atoms with E-state index in [2.05, 4.69) is 41.9 Å². The van der Waals surface area contributed by atoms with E-state index in [4.69, 9.17) is 82.3 Å². The van der Waals surface area contributed by atoms with Crippen LogP contribution in [0, 0.1) is 12.9 Å². The molecule has 4 aromatic rings. The number of urea groups is 1. The Morgan fingerprint density at radius 3 is 2.22 bits per heavy atom. The number of carbonyl (C=O) groups is 4. The Labute approximate surface area is 385 Å². The number of carbonyl (C=O) groups excluding carboxylic acids is 3. The van der Waals surface area contributed by atoms with Crippen molar-refractivity contribution < 1.29 is 61.1 Å². The zero-order valence-corrected chi connectivity index (χ0v) is 38.8. The van der Waals surface area contributed by atoms with Crippen LogP contribution in [0.1, 0.15) is 71.9 Å². The normalized spacial score (nSPS) is 10.9. The molecule has 0 aliphatic rings. The molecule has 0 saturated heterocycles. The number of carboxylic acid groups (broad SMARTS) is 1. The number of thiophene rings is 1. The van der Waals surface area contributed by atoms with Crippen molar-refractivity contribution in [2.75, 3.05) is 45.0 Å². The summed E-state index contributed by atoms with van der Waals surface area (Å²) in [6.45, 7) is 5.52. The zero-order valence-electron chi connectivity index (χ0n) is 34.1. The van der Waals surface area contributed by atoms with Crippen LogP contribution in [-0.4, -0.2) is 108 Å². The number of esters is 2. The monoisotopic (exact) mass is 1010 g/mol. The molecule has 0 aromatic carbocycles. The third kappa shape index (κ3) is 20.0. The molecule has 4 heterocycles. The van der Waals surface area contributed by atoms with Gasteiger partial charge in [0.05, 0.1) is 37.6 Å². The van der Waals surface area contributed by atoms with Crippen molar-refractivity contribution in [1.82, 2.24) is 29.6 Å². The number of carboxylic acids is 1. The lowest BCUT2D eigenvalue weighted by molar-refractivity contribution is -0.151. The van der Waals surface area contributed by atoms with Crippen LogP contribution in [0.4, 0.5) is 20.8 Å². The molecule has 1 atom stereocenters. The molecule has 28 heteroatoms. The third-order valence-electron chi connectivity index (χ3n) is 6.96. The van der Waals surface area contributed by atoms with Gasteiger partial charge in [-0.1, -0.05) is 72.6 Å². The maximum Gasteiger partial charge on any atom is 0.356 e. The molecule has 0 aliphatic carbocycles. The number of hydrogen-bond acceptors (Lipinski definition) is 19. The predicted molar refractivity (Wildman–Crippen MR) is 232 cm³/mol. The lowest BCUT2D eigenvalue weighted by Gasteiger charge is -2.14. The summed E-state index contributed by atoms with van der Waals surface area (Å²) >= 11 is 23.2. The summed E-state index contributed by atoms with van der Waals surface area (Å²) in [5.74, 6) is -3.84. The number of unbranched alkanes of at least 4 members (excludes halogenated alkanes) is 3. The first-order valence-corrected chi connectivity index (χ1v) is 21.8. The molecule has 8 N–H and O–H groups in total. The van der Waals surface area contributed by atoms with Crippen LogP contribution in [0.5, 0.6) is 11.9 Å². The summed E-state index contributed by atoms with van der Waals surface area (Å²) in [5, 5.41) is 19.5. The number of anilines is 2. The number of aryl methyl sites for hydroxylation is 1. The van der Waals surface area contributed by atoms with Gasteiger partial charge in [-0.2, -0.15) is 24.3 Å². The van der Waals surface area contributed by atoms with E-state index in [0.29, 0.717) is 6.54 Å². The third-order valence-corrected chi connectivity index (χ3v) is 10.6. The number of sulfonamides is 1. The fourth-order valence-electron chi connectivity index (χ4n) is 4.14. The van der Waals surface area contributed by atoms with Gasteiger partial charge in [-0.05, 0) is 50.3 Å². The number of ether oxygens (including phenoxy) is 4. The number of methoxy groups -OCH3 is 2. The highest BCUT2D eigenvalue weighted by Crippen LogP contribution is 2.35. The molecular formula is C35H44Cl4FN9O12S2. The molecular weight excluding hydrogens is 963 g/mol. The number of nitrogens with two attached hydrogens (primary N) is 2. The van der Waals surface area contributed by atoms with Crippen LogP contribution in [-0.2, 0) is 24.3 Å². The number of amides is 2. The number of hydrogen-bond donors (Lipinski definition) is 6. The van der Waals surface area contributed by atoms with E-state index in [1.54, 1.807) is 4.72 Å². The van der Waals surface area contributed by atoms with Crippen molar-refractivity contribution in [2.24, 2.45) is 5.73 Å². The van der Waals surface area contributed by atoms with Crippen LogP contribution in [0.25, 0.3) is 0 Å². The number of nitrogen functional groups attached to an aromatic ring is 1. The van der Waals surface area contributed by atoms with E-state index in [-0.39, 0.29) is 77.7 Å². The fraction of sp³-hybridized carbons (Fsp3) is 0.400. The molecule has 2 amide bonds. The minimum absolute atomic E-state index is 0.0449. The molecule has 0 saturated carbocycles. The van der Waals surface area contributed by atoms with Gasteiger partial charge < -0.3 is 40.6 Å². The molecule has 4 rings (SSSR count). The largest absolute Gasteiger partial charge is 0.476 e. The highest BCUT2D eigenvalue weighted by Gasteiger charge is 2.27. The van der Waals surface area contributed by atoms with Crippen molar-refractivity contribution >= 4 is 103 Å². The Kier molecular flexibility index (Phi) is 25.5. The molecule has 0 fully saturated rings. The van der Waals surface area contributed by atoms with Gasteiger partial charge >= 0.3 is 29.9 Å². The van der Waals surface area contributed by atoms with Crippen molar-refractivity contribution in [3.8, 4) is 11.9 Å². The SMILES string of the molecule is CCCCCCC(C)OC(=O)COc1nc(F)c(Cl)c(N)c1Cl.COC(=O)c1sccc1S(=O)(=O)NC(=O)Nc1nc(C)nc(OC)n1.NCCO.O=C(O)c1nc(Cl)ccc1Cl. The Morgan fingerprint density at radius 1 is 0.984 bits per heavy atom. The Balaban J connectivity index is 0.000000479. The van der Waals surface area contributed by atoms with Crippen molar-refractivity contribution in [1.29, 1.82) is 0 Å². The van der Waals surface area contributed by atoms with E-state index >= 15 is 0 Å². The van der Waals surface area contributed by atoms with E-state index in [1.807, 2.05) is 6.92 Å². The van der Waals surface area contributed by atoms with Gasteiger partial charge in [-0.15, -0.1) is 11.3 Å². The summed E-state index contributed by atoms with van der Waals surface area (Å²) in [4.78, 5) is 63.4. The van der Waals surface area contributed by atoms with Crippen LogP contribution in [0.15, 0.2) is 28.5 Å².